The smallest absolute Gasteiger partial charge is 0.122 e. The number of methoxy groups -OCH3 is 1. The van der Waals surface area contributed by atoms with Crippen molar-refractivity contribution in [3.63, 3.8) is 0 Å². The molecule has 0 unspecified atom stereocenters. The van der Waals surface area contributed by atoms with Gasteiger partial charge >= 0.3 is 0 Å². The van der Waals surface area contributed by atoms with Crippen molar-refractivity contribution in [3.8, 4) is 5.75 Å². The van der Waals surface area contributed by atoms with Crippen LogP contribution in [-0.4, -0.2) is 7.11 Å². The van der Waals surface area contributed by atoms with Crippen molar-refractivity contribution in [2.45, 2.75) is 32.7 Å². The molecule has 0 heterocycles. The molecule has 1 aromatic carbocycles. The average Bonchev–Trinajstić information content (AvgIpc) is 2.26. The van der Waals surface area contributed by atoms with Crippen molar-refractivity contribution < 1.29 is 4.74 Å². The number of hydrogen-bond acceptors (Lipinski definition) is 2. The van der Waals surface area contributed by atoms with Gasteiger partial charge in [0.15, 0.2) is 0 Å². The zero-order chi connectivity index (χ0) is 10.4. The maximum atomic E-state index is 5.57. The summed E-state index contributed by atoms with van der Waals surface area (Å²) >= 11 is 0. The second kappa shape index (κ2) is 5.66. The van der Waals surface area contributed by atoms with Crippen molar-refractivity contribution in [1.29, 1.82) is 0 Å². The van der Waals surface area contributed by atoms with Gasteiger partial charge in [0.05, 0.1) is 7.11 Å². The molecule has 14 heavy (non-hydrogen) atoms. The van der Waals surface area contributed by atoms with E-state index >= 15 is 0 Å². The van der Waals surface area contributed by atoms with Gasteiger partial charge in [0.2, 0.25) is 0 Å². The standard InChI is InChI=1S/C12H19NO/c1-3-4-5-11-7-6-10(9-13)8-12(11)14-2/h6-8H,3-5,9,13H2,1-2H3. The van der Waals surface area contributed by atoms with Crippen LogP contribution in [0.5, 0.6) is 5.75 Å². The first-order valence-corrected chi connectivity index (χ1v) is 5.17. The Hall–Kier alpha value is -1.02. The Labute approximate surface area is 86.1 Å². The summed E-state index contributed by atoms with van der Waals surface area (Å²) in [5.41, 5.74) is 7.98. The van der Waals surface area contributed by atoms with E-state index < -0.39 is 0 Å². The molecule has 0 fully saturated rings. The number of aryl methyl sites for hydroxylation is 1. The quantitative estimate of drug-likeness (QED) is 0.779. The Morgan fingerprint density at radius 2 is 2.14 bits per heavy atom. The van der Waals surface area contributed by atoms with Gasteiger partial charge in [-0.3, -0.25) is 0 Å². The Morgan fingerprint density at radius 1 is 1.36 bits per heavy atom. The fourth-order valence-corrected chi connectivity index (χ4v) is 1.49. The van der Waals surface area contributed by atoms with E-state index in [1.54, 1.807) is 7.11 Å². The SMILES string of the molecule is CCCCc1ccc(CN)cc1OC. The molecule has 2 heteroatoms. The van der Waals surface area contributed by atoms with E-state index in [1.165, 1.54) is 18.4 Å². The third-order valence-electron chi connectivity index (χ3n) is 2.39. The zero-order valence-corrected chi connectivity index (χ0v) is 9.05. The van der Waals surface area contributed by atoms with Gasteiger partial charge in [-0.15, -0.1) is 0 Å². The largest absolute Gasteiger partial charge is 0.496 e. The lowest BCUT2D eigenvalue weighted by molar-refractivity contribution is 0.408. The summed E-state index contributed by atoms with van der Waals surface area (Å²) in [4.78, 5) is 0. The molecule has 1 aromatic rings. The fraction of sp³-hybridized carbons (Fsp3) is 0.500. The fourth-order valence-electron chi connectivity index (χ4n) is 1.49. The Bertz CT molecular complexity index is 284. The molecule has 1 rings (SSSR count). The molecule has 0 aliphatic heterocycles. The highest BCUT2D eigenvalue weighted by Gasteiger charge is 2.02. The topological polar surface area (TPSA) is 35.2 Å². The summed E-state index contributed by atoms with van der Waals surface area (Å²) in [5, 5.41) is 0. The maximum absolute atomic E-state index is 5.57. The minimum absolute atomic E-state index is 0.574. The zero-order valence-electron chi connectivity index (χ0n) is 9.05. The predicted molar refractivity (Wildman–Crippen MR) is 59.5 cm³/mol. The minimum atomic E-state index is 0.574. The molecular formula is C12H19NO. The van der Waals surface area contributed by atoms with Crippen LogP contribution in [0.3, 0.4) is 0 Å². The van der Waals surface area contributed by atoms with Crippen molar-refractivity contribution >= 4 is 0 Å². The number of rotatable bonds is 5. The van der Waals surface area contributed by atoms with Crippen LogP contribution in [0, 0.1) is 0 Å². The predicted octanol–water partition coefficient (Wildman–Crippen LogP) is 2.50. The molecule has 78 valence electrons. The molecule has 0 spiro atoms. The molecule has 0 atom stereocenters. The summed E-state index contributed by atoms with van der Waals surface area (Å²) in [7, 11) is 1.71. The second-order valence-corrected chi connectivity index (χ2v) is 3.45. The normalized spacial score (nSPS) is 10.2. The molecule has 0 saturated heterocycles. The van der Waals surface area contributed by atoms with Crippen LogP contribution in [-0.2, 0) is 13.0 Å². The number of ether oxygens (including phenoxy) is 1. The summed E-state index contributed by atoms with van der Waals surface area (Å²) in [5.74, 6) is 0.974. The second-order valence-electron chi connectivity index (χ2n) is 3.45. The van der Waals surface area contributed by atoms with Crippen LogP contribution in [0.2, 0.25) is 0 Å². The first-order chi connectivity index (χ1) is 6.81. The van der Waals surface area contributed by atoms with Crippen LogP contribution in [0.25, 0.3) is 0 Å². The van der Waals surface area contributed by atoms with Crippen molar-refractivity contribution in [1.82, 2.24) is 0 Å². The summed E-state index contributed by atoms with van der Waals surface area (Å²) in [6, 6.07) is 6.23. The van der Waals surface area contributed by atoms with Gasteiger partial charge in [-0.2, -0.15) is 0 Å². The third kappa shape index (κ3) is 2.74. The highest BCUT2D eigenvalue weighted by Crippen LogP contribution is 2.21. The number of nitrogens with two attached hydrogens (primary N) is 1. The summed E-state index contributed by atoms with van der Waals surface area (Å²) in [6.45, 7) is 2.77. The monoisotopic (exact) mass is 193 g/mol. The average molecular weight is 193 g/mol. The molecule has 0 aromatic heterocycles. The number of unbranched alkanes of at least 4 members (excludes halogenated alkanes) is 1. The highest BCUT2D eigenvalue weighted by atomic mass is 16.5. The van der Waals surface area contributed by atoms with Crippen molar-refractivity contribution in [2.24, 2.45) is 5.73 Å². The number of hydrogen-bond donors (Lipinski definition) is 1. The van der Waals surface area contributed by atoms with E-state index in [0.29, 0.717) is 6.54 Å². The first kappa shape index (κ1) is 11.1. The maximum Gasteiger partial charge on any atom is 0.122 e. The third-order valence-corrected chi connectivity index (χ3v) is 2.39. The Morgan fingerprint density at radius 3 is 2.71 bits per heavy atom. The van der Waals surface area contributed by atoms with Gasteiger partial charge in [0.25, 0.3) is 0 Å². The van der Waals surface area contributed by atoms with Crippen LogP contribution in [0.1, 0.15) is 30.9 Å². The van der Waals surface area contributed by atoms with Crippen LogP contribution >= 0.6 is 0 Å². The lowest BCUT2D eigenvalue weighted by Crippen LogP contribution is -1.99. The molecule has 0 saturated carbocycles. The molecule has 0 bridgehead atoms. The van der Waals surface area contributed by atoms with E-state index in [2.05, 4.69) is 19.1 Å². The summed E-state index contributed by atoms with van der Waals surface area (Å²) in [6.07, 6.45) is 3.50. The van der Waals surface area contributed by atoms with E-state index in [1.807, 2.05) is 6.07 Å². The molecular weight excluding hydrogens is 174 g/mol. The lowest BCUT2D eigenvalue weighted by Gasteiger charge is -2.09. The van der Waals surface area contributed by atoms with E-state index in [4.69, 9.17) is 10.5 Å². The van der Waals surface area contributed by atoms with Crippen molar-refractivity contribution in [3.05, 3.63) is 29.3 Å². The minimum Gasteiger partial charge on any atom is -0.496 e. The van der Waals surface area contributed by atoms with Gasteiger partial charge in [0, 0.05) is 6.54 Å². The first-order valence-electron chi connectivity index (χ1n) is 5.17. The van der Waals surface area contributed by atoms with Crippen LogP contribution in [0.15, 0.2) is 18.2 Å². The Balaban J connectivity index is 2.82. The molecule has 0 aliphatic carbocycles. The van der Waals surface area contributed by atoms with Crippen LogP contribution < -0.4 is 10.5 Å². The lowest BCUT2D eigenvalue weighted by atomic mass is 10.0. The van der Waals surface area contributed by atoms with Gasteiger partial charge in [-0.1, -0.05) is 25.5 Å². The number of benzene rings is 1. The molecule has 2 N–H and O–H groups in total. The van der Waals surface area contributed by atoms with Crippen LogP contribution in [0.4, 0.5) is 0 Å². The van der Waals surface area contributed by atoms with Gasteiger partial charge < -0.3 is 10.5 Å². The summed E-state index contributed by atoms with van der Waals surface area (Å²) < 4.78 is 5.33. The van der Waals surface area contributed by atoms with Gasteiger partial charge in [0.1, 0.15) is 5.75 Å². The molecule has 2 nitrogen and oxygen atoms in total. The highest BCUT2D eigenvalue weighted by molar-refractivity contribution is 5.37. The van der Waals surface area contributed by atoms with Gasteiger partial charge in [-0.25, -0.2) is 0 Å². The van der Waals surface area contributed by atoms with Gasteiger partial charge in [-0.05, 0) is 30.0 Å². The van der Waals surface area contributed by atoms with E-state index in [-0.39, 0.29) is 0 Å². The van der Waals surface area contributed by atoms with E-state index in [0.717, 1.165) is 17.7 Å². The molecule has 0 radical (unpaired) electrons. The van der Waals surface area contributed by atoms with E-state index in [9.17, 15) is 0 Å². The molecule has 0 aliphatic rings. The Kier molecular flexibility index (Phi) is 4.47. The molecule has 0 amide bonds. The van der Waals surface area contributed by atoms with Crippen molar-refractivity contribution in [2.75, 3.05) is 7.11 Å².